The van der Waals surface area contributed by atoms with Crippen molar-refractivity contribution in [2.45, 2.75) is 6.42 Å². The first-order chi connectivity index (χ1) is 19.0. The molecule has 0 spiro atoms. The molecule has 0 aliphatic carbocycles. The number of amides is 1. The highest BCUT2D eigenvalue weighted by molar-refractivity contribution is 6.32. The zero-order valence-corrected chi connectivity index (χ0v) is 22.5. The third kappa shape index (κ3) is 5.67. The molecule has 0 unspecified atom stereocenters. The molecule has 9 nitrogen and oxygen atoms in total. The SMILES string of the molecule is NC(=O)Cc1cc(-c2ccc(OCCN3CCOCC3)c(Cl)c2)nc2c1[nH]c1cc(N3CCOCC3)ccc12. The van der Waals surface area contributed by atoms with Crippen LogP contribution in [-0.2, 0) is 20.7 Å². The van der Waals surface area contributed by atoms with Crippen molar-refractivity contribution in [1.29, 1.82) is 0 Å². The van der Waals surface area contributed by atoms with Crippen LogP contribution in [0.4, 0.5) is 5.69 Å². The number of fused-ring (bicyclic) bond motifs is 3. The fourth-order valence-corrected chi connectivity index (χ4v) is 5.52. The van der Waals surface area contributed by atoms with Gasteiger partial charge in [-0.15, -0.1) is 0 Å². The van der Waals surface area contributed by atoms with E-state index >= 15 is 0 Å². The van der Waals surface area contributed by atoms with Gasteiger partial charge >= 0.3 is 0 Å². The van der Waals surface area contributed by atoms with Crippen LogP contribution < -0.4 is 15.4 Å². The summed E-state index contributed by atoms with van der Waals surface area (Å²) in [6.07, 6.45) is 0.103. The molecule has 3 N–H and O–H groups in total. The van der Waals surface area contributed by atoms with E-state index in [-0.39, 0.29) is 6.42 Å². The lowest BCUT2D eigenvalue weighted by Crippen LogP contribution is -2.38. The number of ether oxygens (including phenoxy) is 3. The van der Waals surface area contributed by atoms with Gasteiger partial charge in [-0.1, -0.05) is 11.6 Å². The molecule has 4 heterocycles. The van der Waals surface area contributed by atoms with Crippen LogP contribution in [0, 0.1) is 0 Å². The topological polar surface area (TPSA) is 106 Å². The minimum atomic E-state index is -0.400. The Morgan fingerprint density at radius 3 is 2.54 bits per heavy atom. The van der Waals surface area contributed by atoms with Crippen molar-refractivity contribution in [3.63, 3.8) is 0 Å². The van der Waals surface area contributed by atoms with E-state index in [2.05, 4.69) is 33.0 Å². The quantitative estimate of drug-likeness (QED) is 0.346. The summed E-state index contributed by atoms with van der Waals surface area (Å²) in [6, 6.07) is 13.9. The van der Waals surface area contributed by atoms with Gasteiger partial charge in [0.15, 0.2) is 0 Å². The molecule has 10 heteroatoms. The molecule has 204 valence electrons. The number of aromatic amines is 1. The van der Waals surface area contributed by atoms with E-state index in [1.807, 2.05) is 24.3 Å². The predicted molar refractivity (Wildman–Crippen MR) is 153 cm³/mol. The number of pyridine rings is 1. The van der Waals surface area contributed by atoms with Crippen molar-refractivity contribution < 1.29 is 19.0 Å². The normalized spacial score (nSPS) is 16.7. The van der Waals surface area contributed by atoms with Crippen LogP contribution in [0.25, 0.3) is 33.2 Å². The molecule has 0 radical (unpaired) electrons. The van der Waals surface area contributed by atoms with Crippen molar-refractivity contribution in [3.8, 4) is 17.0 Å². The number of benzene rings is 2. The lowest BCUT2D eigenvalue weighted by atomic mass is 10.0. The largest absolute Gasteiger partial charge is 0.491 e. The second-order valence-electron chi connectivity index (χ2n) is 9.94. The monoisotopic (exact) mass is 549 g/mol. The fraction of sp³-hybridized carbons (Fsp3) is 0.379. The Balaban J connectivity index is 1.30. The first-order valence-electron chi connectivity index (χ1n) is 13.3. The highest BCUT2D eigenvalue weighted by Gasteiger charge is 2.18. The Hall–Kier alpha value is -3.37. The summed E-state index contributed by atoms with van der Waals surface area (Å²) in [6.45, 7) is 7.88. The van der Waals surface area contributed by atoms with E-state index in [0.717, 1.165) is 104 Å². The Bertz CT molecular complexity index is 1490. The maximum absolute atomic E-state index is 12.0. The number of hydrogen-bond donors (Lipinski definition) is 2. The van der Waals surface area contributed by atoms with Gasteiger partial charge in [0.05, 0.1) is 60.1 Å². The maximum Gasteiger partial charge on any atom is 0.221 e. The van der Waals surface area contributed by atoms with Gasteiger partial charge in [-0.25, -0.2) is 4.98 Å². The van der Waals surface area contributed by atoms with Crippen LogP contribution in [0.2, 0.25) is 5.02 Å². The lowest BCUT2D eigenvalue weighted by Gasteiger charge is -2.28. The van der Waals surface area contributed by atoms with Crippen molar-refractivity contribution in [1.82, 2.24) is 14.9 Å². The van der Waals surface area contributed by atoms with Crippen LogP contribution in [0.5, 0.6) is 5.75 Å². The molecule has 39 heavy (non-hydrogen) atoms. The summed E-state index contributed by atoms with van der Waals surface area (Å²) < 4.78 is 16.9. The molecule has 2 aromatic heterocycles. The molecule has 0 atom stereocenters. The number of primary amides is 1. The number of carbonyl (C=O) groups excluding carboxylic acids is 1. The number of nitrogens with zero attached hydrogens (tertiary/aromatic N) is 3. The van der Waals surface area contributed by atoms with Crippen LogP contribution >= 0.6 is 11.6 Å². The van der Waals surface area contributed by atoms with Gasteiger partial charge in [0.1, 0.15) is 12.4 Å². The van der Waals surface area contributed by atoms with Crippen molar-refractivity contribution in [2.24, 2.45) is 5.73 Å². The number of rotatable bonds is 8. The molecule has 2 aliphatic heterocycles. The smallest absolute Gasteiger partial charge is 0.221 e. The van der Waals surface area contributed by atoms with Gasteiger partial charge in [-0.05, 0) is 48.0 Å². The molecule has 0 bridgehead atoms. The van der Waals surface area contributed by atoms with Crippen molar-refractivity contribution in [3.05, 3.63) is 53.1 Å². The zero-order valence-electron chi connectivity index (χ0n) is 21.7. The second kappa shape index (κ2) is 11.4. The summed E-state index contributed by atoms with van der Waals surface area (Å²) in [5.74, 6) is 0.234. The van der Waals surface area contributed by atoms with E-state index in [1.165, 1.54) is 0 Å². The zero-order chi connectivity index (χ0) is 26.8. The molecule has 6 rings (SSSR count). The molecule has 2 aromatic carbocycles. The van der Waals surface area contributed by atoms with Crippen molar-refractivity contribution >= 4 is 45.1 Å². The van der Waals surface area contributed by atoms with E-state index in [0.29, 0.717) is 17.4 Å². The highest BCUT2D eigenvalue weighted by Crippen LogP contribution is 2.35. The van der Waals surface area contributed by atoms with Crippen molar-refractivity contribution in [2.75, 3.05) is 70.7 Å². The molecule has 2 saturated heterocycles. The summed E-state index contributed by atoms with van der Waals surface area (Å²) >= 11 is 6.63. The Morgan fingerprint density at radius 2 is 1.79 bits per heavy atom. The average molecular weight is 550 g/mol. The lowest BCUT2D eigenvalue weighted by molar-refractivity contribution is -0.117. The second-order valence-corrected chi connectivity index (χ2v) is 10.3. The molecular formula is C29H32ClN5O4. The third-order valence-corrected chi connectivity index (χ3v) is 7.65. The molecule has 4 aromatic rings. The van der Waals surface area contributed by atoms with Gasteiger partial charge in [0.25, 0.3) is 0 Å². The summed E-state index contributed by atoms with van der Waals surface area (Å²) in [5, 5.41) is 1.51. The molecule has 0 saturated carbocycles. The number of nitrogens with one attached hydrogen (secondary N) is 1. The average Bonchev–Trinajstić information content (AvgIpc) is 3.33. The number of nitrogens with two attached hydrogens (primary N) is 1. The maximum atomic E-state index is 12.0. The molecule has 2 aliphatic rings. The number of H-pyrrole nitrogens is 1. The number of carbonyl (C=O) groups is 1. The van der Waals surface area contributed by atoms with Crippen LogP contribution in [-0.4, -0.2) is 86.5 Å². The van der Waals surface area contributed by atoms with E-state index in [1.54, 1.807) is 0 Å². The Morgan fingerprint density at radius 1 is 1.03 bits per heavy atom. The van der Waals surface area contributed by atoms with Gasteiger partial charge in [0.2, 0.25) is 5.91 Å². The summed E-state index contributed by atoms with van der Waals surface area (Å²) in [5.41, 5.74) is 11.7. The highest BCUT2D eigenvalue weighted by atomic mass is 35.5. The first-order valence-corrected chi connectivity index (χ1v) is 13.7. The number of halogens is 1. The van der Waals surface area contributed by atoms with Crippen LogP contribution in [0.1, 0.15) is 5.56 Å². The van der Waals surface area contributed by atoms with Crippen LogP contribution in [0.3, 0.4) is 0 Å². The standard InChI is InChI=1S/C29H32ClN5O4/c30-23-15-19(1-4-26(23)39-14-7-34-5-10-37-11-6-34)24-16-20(17-27(31)36)28-29(32-24)22-3-2-21(18-25(22)33-28)35-8-12-38-13-9-35/h1-4,15-16,18,33H,5-14,17H2,(H2,31,36). The van der Waals surface area contributed by atoms with E-state index in [4.69, 9.17) is 36.5 Å². The van der Waals surface area contributed by atoms with Crippen LogP contribution in [0.15, 0.2) is 42.5 Å². The van der Waals surface area contributed by atoms with E-state index in [9.17, 15) is 4.79 Å². The number of aromatic nitrogens is 2. The predicted octanol–water partition coefficient (Wildman–Crippen LogP) is 3.61. The minimum Gasteiger partial charge on any atom is -0.491 e. The molecule has 1 amide bonds. The Kier molecular flexibility index (Phi) is 7.56. The fourth-order valence-electron chi connectivity index (χ4n) is 5.29. The van der Waals surface area contributed by atoms with E-state index < -0.39 is 5.91 Å². The van der Waals surface area contributed by atoms with Gasteiger partial charge in [-0.3, -0.25) is 9.69 Å². The van der Waals surface area contributed by atoms with Gasteiger partial charge in [0, 0.05) is 49.4 Å². The van der Waals surface area contributed by atoms with Gasteiger partial charge < -0.3 is 29.8 Å². The molecule has 2 fully saturated rings. The summed E-state index contributed by atoms with van der Waals surface area (Å²) in [7, 11) is 0. The number of morpholine rings is 2. The first kappa shape index (κ1) is 25.9. The minimum absolute atomic E-state index is 0.103. The Labute approximate surface area is 231 Å². The summed E-state index contributed by atoms with van der Waals surface area (Å²) in [4.78, 5) is 25.1. The molecular weight excluding hydrogens is 518 g/mol. The number of anilines is 1. The third-order valence-electron chi connectivity index (χ3n) is 7.36. The number of hydrogen-bond acceptors (Lipinski definition) is 7. The van der Waals surface area contributed by atoms with Gasteiger partial charge in [-0.2, -0.15) is 0 Å².